The molecule has 0 aliphatic heterocycles. The monoisotopic (exact) mass is 385 g/mol. The van der Waals surface area contributed by atoms with Crippen LogP contribution in [0.2, 0.25) is 0 Å². The van der Waals surface area contributed by atoms with Crippen LogP contribution in [-0.4, -0.2) is 30.5 Å². The highest BCUT2D eigenvalue weighted by Crippen LogP contribution is 2.32. The van der Waals surface area contributed by atoms with E-state index in [4.69, 9.17) is 15.3 Å². The zero-order chi connectivity index (χ0) is 20.4. The van der Waals surface area contributed by atoms with Gasteiger partial charge < -0.3 is 25.7 Å². The van der Waals surface area contributed by atoms with Crippen LogP contribution in [0.5, 0.6) is 11.5 Å². The van der Waals surface area contributed by atoms with Crippen molar-refractivity contribution in [3.05, 3.63) is 53.6 Å². The number of carboxylic acids is 1. The van der Waals surface area contributed by atoms with Gasteiger partial charge in [-0.25, -0.2) is 4.79 Å². The Bertz CT molecular complexity index is 791. The number of carboxylic acid groups (broad SMARTS) is 1. The standard InChI is InChI=1S/C21H27N3O4/c1-3-11-27-18-10-7-16(13-19(18)28-12-4-2)20(21(25)26)24-17-8-5-15(6-9-17)14-23-22/h5-10,13-14,20,24H,3-4,11-12,22H2,1-2H3,(H,25,26). The number of hydrazone groups is 1. The van der Waals surface area contributed by atoms with E-state index in [2.05, 4.69) is 10.4 Å². The Morgan fingerprint density at radius 1 is 1.11 bits per heavy atom. The van der Waals surface area contributed by atoms with E-state index in [0.29, 0.717) is 36.0 Å². The maximum atomic E-state index is 11.9. The van der Waals surface area contributed by atoms with Gasteiger partial charge in [-0.1, -0.05) is 32.0 Å². The molecule has 2 rings (SSSR count). The molecule has 0 bridgehead atoms. The molecule has 2 aromatic carbocycles. The zero-order valence-corrected chi connectivity index (χ0v) is 16.2. The lowest BCUT2D eigenvalue weighted by Crippen LogP contribution is -2.20. The first kappa shape index (κ1) is 21.1. The van der Waals surface area contributed by atoms with Crippen molar-refractivity contribution in [3.63, 3.8) is 0 Å². The number of benzene rings is 2. The number of rotatable bonds is 11. The average Bonchev–Trinajstić information content (AvgIpc) is 2.70. The first-order valence-corrected chi connectivity index (χ1v) is 9.31. The summed E-state index contributed by atoms with van der Waals surface area (Å²) in [7, 11) is 0. The number of hydrogen-bond donors (Lipinski definition) is 3. The van der Waals surface area contributed by atoms with Crippen molar-refractivity contribution in [1.29, 1.82) is 0 Å². The molecule has 7 heteroatoms. The fourth-order valence-corrected chi connectivity index (χ4v) is 2.57. The van der Waals surface area contributed by atoms with E-state index in [0.717, 1.165) is 18.4 Å². The van der Waals surface area contributed by atoms with E-state index in [9.17, 15) is 9.90 Å². The first-order chi connectivity index (χ1) is 13.6. The maximum Gasteiger partial charge on any atom is 0.330 e. The summed E-state index contributed by atoms with van der Waals surface area (Å²) in [6.07, 6.45) is 3.24. The molecular formula is C21H27N3O4. The molecule has 0 fully saturated rings. The molecule has 1 atom stereocenters. The predicted octanol–water partition coefficient (Wildman–Crippen LogP) is 3.79. The third-order valence-electron chi connectivity index (χ3n) is 3.92. The second-order valence-corrected chi connectivity index (χ2v) is 6.22. The summed E-state index contributed by atoms with van der Waals surface area (Å²) in [5.74, 6) is 5.32. The van der Waals surface area contributed by atoms with Gasteiger partial charge >= 0.3 is 5.97 Å². The Morgan fingerprint density at radius 2 is 1.75 bits per heavy atom. The second kappa shape index (κ2) is 10.8. The molecule has 0 radical (unpaired) electrons. The summed E-state index contributed by atoms with van der Waals surface area (Å²) < 4.78 is 11.5. The van der Waals surface area contributed by atoms with Gasteiger partial charge in [0.2, 0.25) is 0 Å². The predicted molar refractivity (Wildman–Crippen MR) is 110 cm³/mol. The highest BCUT2D eigenvalue weighted by molar-refractivity contribution is 5.82. The molecule has 0 aromatic heterocycles. The maximum absolute atomic E-state index is 11.9. The Balaban J connectivity index is 2.27. The van der Waals surface area contributed by atoms with E-state index < -0.39 is 12.0 Å². The van der Waals surface area contributed by atoms with Crippen LogP contribution in [0.15, 0.2) is 47.6 Å². The normalized spacial score (nSPS) is 11.9. The van der Waals surface area contributed by atoms with Gasteiger partial charge in [0.05, 0.1) is 19.4 Å². The Morgan fingerprint density at radius 3 is 2.32 bits per heavy atom. The molecule has 0 saturated heterocycles. The molecule has 2 aromatic rings. The minimum absolute atomic E-state index is 0.529. The highest BCUT2D eigenvalue weighted by Gasteiger charge is 2.21. The van der Waals surface area contributed by atoms with Gasteiger partial charge in [0.1, 0.15) is 0 Å². The fraction of sp³-hybridized carbons (Fsp3) is 0.333. The third kappa shape index (κ3) is 5.90. The summed E-state index contributed by atoms with van der Waals surface area (Å²) in [5, 5.41) is 16.2. The second-order valence-electron chi connectivity index (χ2n) is 6.22. The molecule has 28 heavy (non-hydrogen) atoms. The van der Waals surface area contributed by atoms with Gasteiger partial charge in [0, 0.05) is 5.69 Å². The van der Waals surface area contributed by atoms with Crippen LogP contribution in [0.25, 0.3) is 0 Å². The number of nitrogens with zero attached hydrogens (tertiary/aromatic N) is 1. The summed E-state index contributed by atoms with van der Waals surface area (Å²) in [6, 6.07) is 11.4. The molecule has 0 aliphatic rings. The van der Waals surface area contributed by atoms with Crippen LogP contribution in [0.3, 0.4) is 0 Å². The molecule has 0 amide bonds. The molecule has 1 unspecified atom stereocenters. The molecule has 7 nitrogen and oxygen atoms in total. The van der Waals surface area contributed by atoms with Crippen molar-refractivity contribution in [2.75, 3.05) is 18.5 Å². The molecule has 4 N–H and O–H groups in total. The Labute approximate surface area is 165 Å². The third-order valence-corrected chi connectivity index (χ3v) is 3.92. The lowest BCUT2D eigenvalue weighted by atomic mass is 10.1. The van der Waals surface area contributed by atoms with Gasteiger partial charge in [0.25, 0.3) is 0 Å². The Kier molecular flexibility index (Phi) is 8.14. The summed E-state index contributed by atoms with van der Waals surface area (Å²) >= 11 is 0. The first-order valence-electron chi connectivity index (χ1n) is 9.31. The van der Waals surface area contributed by atoms with E-state index in [1.165, 1.54) is 6.21 Å². The van der Waals surface area contributed by atoms with Gasteiger partial charge in [-0.05, 0) is 48.2 Å². The minimum Gasteiger partial charge on any atom is -0.490 e. The van der Waals surface area contributed by atoms with Crippen molar-refractivity contribution in [1.82, 2.24) is 0 Å². The van der Waals surface area contributed by atoms with Gasteiger partial charge in [-0.3, -0.25) is 0 Å². The number of ether oxygens (including phenoxy) is 2. The quantitative estimate of drug-likeness (QED) is 0.309. The van der Waals surface area contributed by atoms with Gasteiger partial charge in [0.15, 0.2) is 17.5 Å². The van der Waals surface area contributed by atoms with Crippen LogP contribution in [0.1, 0.15) is 43.9 Å². The molecule has 150 valence electrons. The van der Waals surface area contributed by atoms with Crippen molar-refractivity contribution in [3.8, 4) is 11.5 Å². The zero-order valence-electron chi connectivity index (χ0n) is 16.2. The van der Waals surface area contributed by atoms with E-state index in [-0.39, 0.29) is 0 Å². The molecule has 0 spiro atoms. The summed E-state index contributed by atoms with van der Waals surface area (Å²) in [4.78, 5) is 11.9. The number of anilines is 1. The van der Waals surface area contributed by atoms with Crippen molar-refractivity contribution in [2.45, 2.75) is 32.7 Å². The minimum atomic E-state index is -0.990. The topological polar surface area (TPSA) is 106 Å². The lowest BCUT2D eigenvalue weighted by Gasteiger charge is -2.19. The summed E-state index contributed by atoms with van der Waals surface area (Å²) in [5.41, 5.74) is 2.08. The molecular weight excluding hydrogens is 358 g/mol. The number of carbonyl (C=O) groups is 1. The lowest BCUT2D eigenvalue weighted by molar-refractivity contribution is -0.138. The van der Waals surface area contributed by atoms with Crippen molar-refractivity contribution in [2.24, 2.45) is 10.9 Å². The van der Waals surface area contributed by atoms with Crippen LogP contribution < -0.4 is 20.6 Å². The number of hydrogen-bond acceptors (Lipinski definition) is 6. The van der Waals surface area contributed by atoms with E-state index in [1.54, 1.807) is 42.5 Å². The van der Waals surface area contributed by atoms with Gasteiger partial charge in [-0.2, -0.15) is 5.10 Å². The largest absolute Gasteiger partial charge is 0.490 e. The molecule has 0 aliphatic carbocycles. The Hall–Kier alpha value is -3.22. The number of aliphatic carboxylic acids is 1. The highest BCUT2D eigenvalue weighted by atomic mass is 16.5. The molecule has 0 saturated carbocycles. The van der Waals surface area contributed by atoms with E-state index >= 15 is 0 Å². The number of nitrogens with one attached hydrogen (secondary N) is 1. The van der Waals surface area contributed by atoms with Crippen molar-refractivity contribution >= 4 is 17.9 Å². The van der Waals surface area contributed by atoms with Crippen LogP contribution in [0, 0.1) is 0 Å². The van der Waals surface area contributed by atoms with Gasteiger partial charge in [-0.15, -0.1) is 0 Å². The van der Waals surface area contributed by atoms with Crippen molar-refractivity contribution < 1.29 is 19.4 Å². The average molecular weight is 385 g/mol. The smallest absolute Gasteiger partial charge is 0.330 e. The summed E-state index contributed by atoms with van der Waals surface area (Å²) in [6.45, 7) is 5.13. The van der Waals surface area contributed by atoms with Crippen LogP contribution in [0.4, 0.5) is 5.69 Å². The number of nitrogens with two attached hydrogens (primary N) is 1. The fourth-order valence-electron chi connectivity index (χ4n) is 2.57. The van der Waals surface area contributed by atoms with Crippen LogP contribution in [-0.2, 0) is 4.79 Å². The van der Waals surface area contributed by atoms with E-state index in [1.807, 2.05) is 13.8 Å². The SMILES string of the molecule is CCCOc1ccc(C(Nc2ccc(C=NN)cc2)C(=O)O)cc1OCCC. The van der Waals surface area contributed by atoms with Crippen LogP contribution >= 0.6 is 0 Å². The molecule has 0 heterocycles.